The van der Waals surface area contributed by atoms with Crippen LogP contribution in [-0.2, 0) is 10.1 Å². The van der Waals surface area contributed by atoms with E-state index in [1.54, 1.807) is 6.92 Å². The van der Waals surface area contributed by atoms with Crippen molar-refractivity contribution in [2.45, 2.75) is 19.5 Å². The highest BCUT2D eigenvalue weighted by atomic mass is 32.2. The van der Waals surface area contributed by atoms with Crippen LogP contribution >= 0.6 is 0 Å². The molecule has 5 nitrogen and oxygen atoms in total. The van der Waals surface area contributed by atoms with Gasteiger partial charge in [0, 0.05) is 5.92 Å². The van der Waals surface area contributed by atoms with Crippen LogP contribution in [0.1, 0.15) is 18.1 Å². The highest BCUT2D eigenvalue weighted by Crippen LogP contribution is 2.34. The molecular formula is C14H18N2O3S. The van der Waals surface area contributed by atoms with Crippen LogP contribution in [0, 0.1) is 12.8 Å². The van der Waals surface area contributed by atoms with Gasteiger partial charge >= 0.3 is 0 Å². The molecule has 0 heterocycles. The fourth-order valence-electron chi connectivity index (χ4n) is 2.25. The third kappa shape index (κ3) is 2.69. The maximum Gasteiger partial charge on any atom is 0.293 e. The minimum absolute atomic E-state index is 0.364. The van der Waals surface area contributed by atoms with Crippen molar-refractivity contribution in [3.05, 3.63) is 52.4 Å². The molecule has 5 N–H and O–H groups in total. The van der Waals surface area contributed by atoms with Crippen molar-refractivity contribution in [1.82, 2.24) is 0 Å². The Morgan fingerprint density at radius 1 is 1.30 bits per heavy atom. The van der Waals surface area contributed by atoms with Gasteiger partial charge in [-0.1, -0.05) is 42.8 Å². The van der Waals surface area contributed by atoms with Crippen LogP contribution in [0.4, 0.5) is 0 Å². The van der Waals surface area contributed by atoms with Crippen LogP contribution in [0.25, 0.3) is 5.57 Å². The summed E-state index contributed by atoms with van der Waals surface area (Å²) >= 11 is 0. The monoisotopic (exact) mass is 294 g/mol. The molecular weight excluding hydrogens is 276 g/mol. The first-order valence-corrected chi connectivity index (χ1v) is 7.62. The first-order valence-electron chi connectivity index (χ1n) is 6.18. The third-order valence-corrected chi connectivity index (χ3v) is 4.55. The second kappa shape index (κ2) is 4.82. The van der Waals surface area contributed by atoms with E-state index in [4.69, 9.17) is 11.5 Å². The van der Waals surface area contributed by atoms with E-state index in [0.717, 1.165) is 11.1 Å². The molecule has 1 aliphatic rings. The normalized spacial score (nSPS) is 22.1. The van der Waals surface area contributed by atoms with Crippen LogP contribution in [0.15, 0.2) is 41.3 Å². The predicted octanol–water partition coefficient (Wildman–Crippen LogP) is 1.41. The van der Waals surface area contributed by atoms with Gasteiger partial charge < -0.3 is 11.5 Å². The Hall–Kier alpha value is -1.47. The fraction of sp³-hybridized carbons (Fsp3) is 0.286. The molecule has 2 rings (SSSR count). The van der Waals surface area contributed by atoms with Gasteiger partial charge in [0.25, 0.3) is 10.1 Å². The zero-order valence-electron chi connectivity index (χ0n) is 11.4. The van der Waals surface area contributed by atoms with E-state index >= 15 is 0 Å². The van der Waals surface area contributed by atoms with Gasteiger partial charge in [-0.3, -0.25) is 4.55 Å². The lowest BCUT2D eigenvalue weighted by Crippen LogP contribution is -2.58. The van der Waals surface area contributed by atoms with E-state index in [-0.39, 0.29) is 4.91 Å². The molecule has 0 bridgehead atoms. The topological polar surface area (TPSA) is 106 Å². The van der Waals surface area contributed by atoms with E-state index in [0.29, 0.717) is 5.57 Å². The van der Waals surface area contributed by atoms with E-state index in [1.165, 1.54) is 6.08 Å². The smallest absolute Gasteiger partial charge is 0.293 e. The summed E-state index contributed by atoms with van der Waals surface area (Å²) in [6.07, 6.45) is 3.15. The van der Waals surface area contributed by atoms with Crippen LogP contribution in [0.3, 0.4) is 0 Å². The first-order chi connectivity index (χ1) is 9.12. The number of nitrogens with two attached hydrogens (primary N) is 2. The van der Waals surface area contributed by atoms with E-state index in [9.17, 15) is 13.0 Å². The minimum Gasteiger partial charge on any atom is -0.309 e. The van der Waals surface area contributed by atoms with Crippen molar-refractivity contribution in [2.24, 2.45) is 17.4 Å². The molecule has 0 amide bonds. The summed E-state index contributed by atoms with van der Waals surface area (Å²) in [6, 6.07) is 7.62. The fourth-order valence-corrected chi connectivity index (χ4v) is 3.16. The van der Waals surface area contributed by atoms with Gasteiger partial charge in [0.1, 0.15) is 10.6 Å². The molecule has 1 aliphatic carbocycles. The van der Waals surface area contributed by atoms with Gasteiger partial charge in [0.15, 0.2) is 0 Å². The number of hydrogen-bond acceptors (Lipinski definition) is 4. The van der Waals surface area contributed by atoms with Crippen LogP contribution in [-0.4, -0.2) is 18.6 Å². The largest absolute Gasteiger partial charge is 0.309 e. The Morgan fingerprint density at radius 3 is 2.50 bits per heavy atom. The lowest BCUT2D eigenvalue weighted by atomic mass is 9.85. The van der Waals surface area contributed by atoms with Crippen molar-refractivity contribution in [1.29, 1.82) is 0 Å². The molecule has 6 heteroatoms. The summed E-state index contributed by atoms with van der Waals surface area (Å²) in [5.74, 6) is -0.431. The third-order valence-electron chi connectivity index (χ3n) is 3.53. The van der Waals surface area contributed by atoms with Crippen LogP contribution in [0.2, 0.25) is 0 Å². The van der Waals surface area contributed by atoms with Gasteiger partial charge in [-0.2, -0.15) is 8.42 Å². The maximum absolute atomic E-state index is 11.5. The molecule has 108 valence electrons. The summed E-state index contributed by atoms with van der Waals surface area (Å²) < 4.78 is 32.3. The quantitative estimate of drug-likeness (QED) is 0.565. The van der Waals surface area contributed by atoms with Gasteiger partial charge in [-0.05, 0) is 24.1 Å². The average Bonchev–Trinajstić information content (AvgIpc) is 2.30. The molecule has 0 fully saturated rings. The van der Waals surface area contributed by atoms with Crippen molar-refractivity contribution in [3.8, 4) is 0 Å². The number of rotatable bonds is 2. The number of allylic oxidation sites excluding steroid dienone is 2. The van der Waals surface area contributed by atoms with E-state index in [2.05, 4.69) is 0 Å². The summed E-state index contributed by atoms with van der Waals surface area (Å²) in [4.78, 5) is -0.364. The predicted molar refractivity (Wildman–Crippen MR) is 79.1 cm³/mol. The Labute approximate surface area is 118 Å². The van der Waals surface area contributed by atoms with Crippen molar-refractivity contribution in [2.75, 3.05) is 0 Å². The van der Waals surface area contributed by atoms with Gasteiger partial charge in [0.2, 0.25) is 0 Å². The summed E-state index contributed by atoms with van der Waals surface area (Å²) in [7, 11) is -4.45. The molecule has 0 spiro atoms. The Balaban J connectivity index is 2.60. The molecule has 0 saturated carbocycles. The lowest BCUT2D eigenvalue weighted by Gasteiger charge is -2.34. The molecule has 20 heavy (non-hydrogen) atoms. The minimum atomic E-state index is -4.45. The Morgan fingerprint density at radius 2 is 1.95 bits per heavy atom. The summed E-state index contributed by atoms with van der Waals surface area (Å²) in [5.41, 5.74) is 12.7. The van der Waals surface area contributed by atoms with Crippen molar-refractivity contribution in [3.63, 3.8) is 0 Å². The van der Waals surface area contributed by atoms with E-state index in [1.807, 2.05) is 37.3 Å². The SMILES string of the molecule is Cc1cccc(C2=CC(C)C(N)(N)C(S(=O)(=O)O)=C2)c1. The molecule has 1 aromatic rings. The number of benzene rings is 1. The first kappa shape index (κ1) is 14.9. The van der Waals surface area contributed by atoms with Crippen molar-refractivity contribution < 1.29 is 13.0 Å². The zero-order chi connectivity index (χ0) is 15.1. The lowest BCUT2D eigenvalue weighted by molar-refractivity contribution is 0.406. The number of aryl methyl sites for hydroxylation is 1. The zero-order valence-corrected chi connectivity index (χ0v) is 12.2. The highest BCUT2D eigenvalue weighted by molar-refractivity contribution is 7.90. The van der Waals surface area contributed by atoms with E-state index < -0.39 is 21.7 Å². The second-order valence-electron chi connectivity index (χ2n) is 5.20. The standard InChI is InChI=1S/C14H18N2O3S/c1-9-4-3-5-11(6-9)12-7-10(2)14(15,16)13(8-12)20(17,18)19/h3-8,10H,15-16H2,1-2H3,(H,17,18,19). The Bertz CT molecular complexity index is 703. The molecule has 0 radical (unpaired) electrons. The molecule has 0 aliphatic heterocycles. The van der Waals surface area contributed by atoms with Gasteiger partial charge in [-0.25, -0.2) is 0 Å². The van der Waals surface area contributed by atoms with Gasteiger partial charge in [0.05, 0.1) is 0 Å². The maximum atomic E-state index is 11.5. The van der Waals surface area contributed by atoms with Gasteiger partial charge in [-0.15, -0.1) is 0 Å². The second-order valence-corrected chi connectivity index (χ2v) is 6.59. The number of hydrogen-bond donors (Lipinski definition) is 3. The average molecular weight is 294 g/mol. The molecule has 0 aromatic heterocycles. The molecule has 1 unspecified atom stereocenters. The van der Waals surface area contributed by atoms with Crippen molar-refractivity contribution >= 4 is 15.7 Å². The molecule has 1 aromatic carbocycles. The van der Waals surface area contributed by atoms with Crippen LogP contribution < -0.4 is 11.5 Å². The summed E-state index contributed by atoms with van der Waals surface area (Å²) in [5, 5.41) is 0. The summed E-state index contributed by atoms with van der Waals surface area (Å²) in [6.45, 7) is 3.66. The Kier molecular flexibility index (Phi) is 3.60. The van der Waals surface area contributed by atoms with Crippen LogP contribution in [0.5, 0.6) is 0 Å². The molecule has 0 saturated heterocycles. The molecule has 1 atom stereocenters. The highest BCUT2D eigenvalue weighted by Gasteiger charge is 2.40.